The van der Waals surface area contributed by atoms with Crippen LogP contribution in [0.4, 0.5) is 0 Å². The zero-order valence-electron chi connectivity index (χ0n) is 17.3. The Hall–Kier alpha value is -2.89. The van der Waals surface area contributed by atoms with Gasteiger partial charge in [-0.2, -0.15) is 5.10 Å². The molecule has 6 nitrogen and oxygen atoms in total. The van der Waals surface area contributed by atoms with Crippen LogP contribution in [0, 0.1) is 12.8 Å². The number of carbonyl (C=O) groups excluding carboxylic acids is 1. The molecule has 1 aliphatic heterocycles. The highest BCUT2D eigenvalue weighted by molar-refractivity contribution is 5.92. The fraction of sp³-hybridized carbons (Fsp3) is 0.435. The van der Waals surface area contributed by atoms with Crippen molar-refractivity contribution >= 4 is 5.91 Å². The highest BCUT2D eigenvalue weighted by atomic mass is 16.2. The van der Waals surface area contributed by atoms with Crippen LogP contribution in [-0.4, -0.2) is 43.2 Å². The molecule has 29 heavy (non-hydrogen) atoms. The lowest BCUT2D eigenvalue weighted by molar-refractivity contribution is 0.0682. The summed E-state index contributed by atoms with van der Waals surface area (Å²) in [7, 11) is 0. The summed E-state index contributed by atoms with van der Waals surface area (Å²) in [5, 5.41) is 4.36. The first-order chi connectivity index (χ1) is 14.1. The second-order valence-electron chi connectivity index (χ2n) is 7.88. The van der Waals surface area contributed by atoms with E-state index in [9.17, 15) is 4.79 Å². The van der Waals surface area contributed by atoms with E-state index in [2.05, 4.69) is 45.8 Å². The van der Waals surface area contributed by atoms with E-state index in [1.807, 2.05) is 36.4 Å². The Kier molecular flexibility index (Phi) is 5.79. The smallest absolute Gasteiger partial charge is 0.274 e. The van der Waals surface area contributed by atoms with Gasteiger partial charge in [-0.3, -0.25) is 9.48 Å². The number of imidazole rings is 1. The van der Waals surface area contributed by atoms with Gasteiger partial charge in [0.1, 0.15) is 11.5 Å². The molecule has 0 saturated carbocycles. The van der Waals surface area contributed by atoms with Crippen LogP contribution in [0.25, 0.3) is 0 Å². The second kappa shape index (κ2) is 8.64. The van der Waals surface area contributed by atoms with Crippen molar-refractivity contribution in [2.75, 3.05) is 13.1 Å². The van der Waals surface area contributed by atoms with E-state index in [1.54, 1.807) is 4.68 Å². The molecule has 3 aromatic rings. The number of nitrogens with zero attached hydrogens (tertiary/aromatic N) is 5. The normalized spacial score (nSPS) is 15.0. The molecule has 0 aliphatic carbocycles. The highest BCUT2D eigenvalue weighted by Gasteiger charge is 2.26. The van der Waals surface area contributed by atoms with Gasteiger partial charge in [-0.25, -0.2) is 4.98 Å². The standard InChI is InChI=1S/C23H29N5O/c1-3-27-14-11-21(25-27)23(29)26-12-9-19(10-13-26)15-22-24-16-18(2)28(22)17-20-7-5-4-6-8-20/h4-8,11,14,16,19H,3,9-10,12-13,15,17H2,1-2H3. The Morgan fingerprint density at radius 3 is 2.59 bits per heavy atom. The summed E-state index contributed by atoms with van der Waals surface area (Å²) in [5.74, 6) is 1.76. The van der Waals surface area contributed by atoms with Gasteiger partial charge >= 0.3 is 0 Å². The molecule has 1 aromatic carbocycles. The lowest BCUT2D eigenvalue weighted by Gasteiger charge is -2.31. The van der Waals surface area contributed by atoms with E-state index >= 15 is 0 Å². The van der Waals surface area contributed by atoms with E-state index in [4.69, 9.17) is 0 Å². The molecule has 0 unspecified atom stereocenters. The third-order valence-electron chi connectivity index (χ3n) is 5.88. The Morgan fingerprint density at radius 2 is 1.90 bits per heavy atom. The Labute approximate surface area is 172 Å². The van der Waals surface area contributed by atoms with Gasteiger partial charge < -0.3 is 9.47 Å². The number of rotatable bonds is 6. The zero-order chi connectivity index (χ0) is 20.2. The van der Waals surface area contributed by atoms with Crippen LogP contribution in [0.15, 0.2) is 48.8 Å². The fourth-order valence-electron chi connectivity index (χ4n) is 4.07. The van der Waals surface area contributed by atoms with Crippen LogP contribution in [0.2, 0.25) is 0 Å². The number of benzene rings is 1. The summed E-state index contributed by atoms with van der Waals surface area (Å²) in [4.78, 5) is 19.3. The molecule has 152 valence electrons. The molecule has 0 N–H and O–H groups in total. The number of hydrogen-bond acceptors (Lipinski definition) is 3. The molecule has 1 fully saturated rings. The molecule has 0 atom stereocenters. The van der Waals surface area contributed by atoms with E-state index in [-0.39, 0.29) is 5.91 Å². The average molecular weight is 392 g/mol. The average Bonchev–Trinajstić information content (AvgIpc) is 3.37. The van der Waals surface area contributed by atoms with Crippen molar-refractivity contribution in [2.24, 2.45) is 5.92 Å². The second-order valence-corrected chi connectivity index (χ2v) is 7.88. The van der Waals surface area contributed by atoms with Gasteiger partial charge in [0.15, 0.2) is 0 Å². The molecule has 4 rings (SSSR count). The molecule has 0 radical (unpaired) electrons. The minimum absolute atomic E-state index is 0.0528. The van der Waals surface area contributed by atoms with E-state index in [0.29, 0.717) is 11.6 Å². The number of aryl methyl sites for hydroxylation is 2. The van der Waals surface area contributed by atoms with Crippen molar-refractivity contribution in [1.82, 2.24) is 24.2 Å². The number of likely N-dealkylation sites (tertiary alicyclic amines) is 1. The van der Waals surface area contributed by atoms with Gasteiger partial charge in [0, 0.05) is 50.7 Å². The van der Waals surface area contributed by atoms with Crippen LogP contribution in [-0.2, 0) is 19.5 Å². The number of carbonyl (C=O) groups is 1. The summed E-state index contributed by atoms with van der Waals surface area (Å²) in [6.07, 6.45) is 6.83. The third kappa shape index (κ3) is 4.42. The quantitative estimate of drug-likeness (QED) is 0.646. The molecule has 0 spiro atoms. The van der Waals surface area contributed by atoms with Gasteiger partial charge in [-0.05, 0) is 44.2 Å². The predicted molar refractivity (Wildman–Crippen MR) is 113 cm³/mol. The van der Waals surface area contributed by atoms with Gasteiger partial charge in [-0.15, -0.1) is 0 Å². The minimum Gasteiger partial charge on any atom is -0.337 e. The third-order valence-corrected chi connectivity index (χ3v) is 5.88. The van der Waals surface area contributed by atoms with Crippen LogP contribution in [0.3, 0.4) is 0 Å². The molecule has 1 saturated heterocycles. The van der Waals surface area contributed by atoms with Crippen LogP contribution >= 0.6 is 0 Å². The summed E-state index contributed by atoms with van der Waals surface area (Å²) in [5.41, 5.74) is 3.05. The van der Waals surface area contributed by atoms with Crippen molar-refractivity contribution in [3.8, 4) is 0 Å². The van der Waals surface area contributed by atoms with Crippen molar-refractivity contribution in [1.29, 1.82) is 0 Å². The molecule has 6 heteroatoms. The van der Waals surface area contributed by atoms with Gasteiger partial charge in [0.05, 0.1) is 0 Å². The predicted octanol–water partition coefficient (Wildman–Crippen LogP) is 3.55. The Balaban J connectivity index is 1.36. The van der Waals surface area contributed by atoms with Crippen molar-refractivity contribution in [3.63, 3.8) is 0 Å². The summed E-state index contributed by atoms with van der Waals surface area (Å²) in [6.45, 7) is 7.37. The molecular formula is C23H29N5O. The first kappa shape index (κ1) is 19.4. The zero-order valence-corrected chi connectivity index (χ0v) is 17.3. The summed E-state index contributed by atoms with van der Waals surface area (Å²) >= 11 is 0. The van der Waals surface area contributed by atoms with E-state index in [1.165, 1.54) is 11.3 Å². The Bertz CT molecular complexity index is 951. The first-order valence-electron chi connectivity index (χ1n) is 10.5. The maximum absolute atomic E-state index is 12.7. The molecule has 2 aromatic heterocycles. The molecule has 3 heterocycles. The van der Waals surface area contributed by atoms with Gasteiger partial charge in [0.2, 0.25) is 0 Å². The molecule has 1 amide bonds. The lowest BCUT2D eigenvalue weighted by atomic mass is 9.93. The van der Waals surface area contributed by atoms with Crippen molar-refractivity contribution in [3.05, 3.63) is 71.6 Å². The number of amides is 1. The number of hydrogen-bond donors (Lipinski definition) is 0. The number of aromatic nitrogens is 4. The van der Waals surface area contributed by atoms with E-state index < -0.39 is 0 Å². The largest absolute Gasteiger partial charge is 0.337 e. The van der Waals surface area contributed by atoms with Crippen molar-refractivity contribution in [2.45, 2.75) is 46.2 Å². The minimum atomic E-state index is 0.0528. The fourth-order valence-corrected chi connectivity index (χ4v) is 4.07. The van der Waals surface area contributed by atoms with E-state index in [0.717, 1.165) is 51.3 Å². The summed E-state index contributed by atoms with van der Waals surface area (Å²) < 4.78 is 4.12. The van der Waals surface area contributed by atoms with Gasteiger partial charge in [0.25, 0.3) is 5.91 Å². The first-order valence-corrected chi connectivity index (χ1v) is 10.5. The van der Waals surface area contributed by atoms with Crippen molar-refractivity contribution < 1.29 is 4.79 Å². The maximum atomic E-state index is 12.7. The molecular weight excluding hydrogens is 362 g/mol. The van der Waals surface area contributed by atoms with Crippen LogP contribution < -0.4 is 0 Å². The topological polar surface area (TPSA) is 56.0 Å². The highest BCUT2D eigenvalue weighted by Crippen LogP contribution is 2.23. The van der Waals surface area contributed by atoms with Gasteiger partial charge in [-0.1, -0.05) is 30.3 Å². The van der Waals surface area contributed by atoms with Crippen LogP contribution in [0.1, 0.15) is 47.3 Å². The maximum Gasteiger partial charge on any atom is 0.274 e. The number of piperidine rings is 1. The molecule has 1 aliphatic rings. The monoisotopic (exact) mass is 391 g/mol. The molecule has 0 bridgehead atoms. The Morgan fingerprint density at radius 1 is 1.14 bits per heavy atom. The lowest BCUT2D eigenvalue weighted by Crippen LogP contribution is -2.39. The SMILES string of the molecule is CCn1ccc(C(=O)N2CCC(Cc3ncc(C)n3Cc3ccccc3)CC2)n1. The summed E-state index contributed by atoms with van der Waals surface area (Å²) in [6, 6.07) is 12.4. The van der Waals surface area contributed by atoms with Crippen LogP contribution in [0.5, 0.6) is 0 Å².